The highest BCUT2D eigenvalue weighted by molar-refractivity contribution is 5.77. The molecule has 0 N–H and O–H groups in total. The van der Waals surface area contributed by atoms with Gasteiger partial charge >= 0.3 is 0 Å². The fourth-order valence-electron chi connectivity index (χ4n) is 8.19. The number of hydrogen-bond donors (Lipinski definition) is 0. The van der Waals surface area contributed by atoms with Gasteiger partial charge in [-0.1, -0.05) is 38.8 Å². The number of carbonyl (C=O) groups is 1. The van der Waals surface area contributed by atoms with E-state index in [2.05, 4.69) is 46.6 Å². The number of likely N-dealkylation sites (tertiary alicyclic amines) is 1. The maximum Gasteiger partial charge on any atom is 0.222 e. The predicted molar refractivity (Wildman–Crippen MR) is 108 cm³/mol. The maximum atomic E-state index is 12.4. The van der Waals surface area contributed by atoms with E-state index in [1.165, 1.54) is 38.5 Å². The molecule has 4 aliphatic rings. The Bertz CT molecular complexity index is 636. The van der Waals surface area contributed by atoms with Gasteiger partial charge in [0.1, 0.15) is 0 Å². The van der Waals surface area contributed by atoms with Crippen LogP contribution in [0.4, 0.5) is 0 Å². The predicted octanol–water partition coefficient (Wildman–Crippen LogP) is 5.82. The maximum absolute atomic E-state index is 12.4. The topological polar surface area (TPSA) is 20.3 Å². The van der Waals surface area contributed by atoms with Crippen molar-refractivity contribution in [3.05, 3.63) is 11.1 Å². The van der Waals surface area contributed by atoms with Crippen LogP contribution in [-0.2, 0) is 4.79 Å². The standard InChI is InChI=1S/C24H39NO/c1-7-15(2)17-8-9-18-22-16(3)14-20-24(5,13-11-21(26)25(20)6)19(22)10-12-23(17,18)4/h16,18-20,22H,7-14H2,1-6H3/t16-,18-,19-,20+,22-,23+,24+/m0/s1. The van der Waals surface area contributed by atoms with Gasteiger partial charge in [0.15, 0.2) is 0 Å². The smallest absolute Gasteiger partial charge is 0.222 e. The zero-order valence-electron chi connectivity index (χ0n) is 17.9. The highest BCUT2D eigenvalue weighted by atomic mass is 16.2. The quantitative estimate of drug-likeness (QED) is 0.541. The Hall–Kier alpha value is -0.790. The number of hydrogen-bond acceptors (Lipinski definition) is 1. The third-order valence-corrected chi connectivity index (χ3v) is 9.76. The van der Waals surface area contributed by atoms with Crippen LogP contribution in [0.15, 0.2) is 11.1 Å². The van der Waals surface area contributed by atoms with Crippen LogP contribution in [-0.4, -0.2) is 23.9 Å². The van der Waals surface area contributed by atoms with Crippen molar-refractivity contribution in [2.24, 2.45) is 34.5 Å². The summed E-state index contributed by atoms with van der Waals surface area (Å²) in [6, 6.07) is 0.471. The average molecular weight is 358 g/mol. The molecular formula is C24H39NO. The molecule has 2 heteroatoms. The Kier molecular flexibility index (Phi) is 4.36. The van der Waals surface area contributed by atoms with Crippen molar-refractivity contribution in [2.75, 3.05) is 7.05 Å². The Morgan fingerprint density at radius 2 is 1.88 bits per heavy atom. The lowest BCUT2D eigenvalue weighted by Crippen LogP contribution is -2.63. The fraction of sp³-hybridized carbons (Fsp3) is 0.875. The Balaban J connectivity index is 1.71. The van der Waals surface area contributed by atoms with Crippen molar-refractivity contribution < 1.29 is 4.79 Å². The molecule has 1 saturated heterocycles. The summed E-state index contributed by atoms with van der Waals surface area (Å²) in [4.78, 5) is 14.5. The minimum atomic E-state index is 0.341. The first-order valence-electron chi connectivity index (χ1n) is 11.2. The van der Waals surface area contributed by atoms with E-state index in [1.807, 2.05) is 5.57 Å². The van der Waals surface area contributed by atoms with E-state index in [9.17, 15) is 4.79 Å². The molecule has 1 heterocycles. The molecule has 4 fully saturated rings. The fourth-order valence-corrected chi connectivity index (χ4v) is 8.19. The SMILES string of the molecule is CCC(C)=C1CC[C@H]2[C@@H]3[C@@H](C)C[C@H]4N(C)C(=O)CC[C@]4(C)[C@H]3CC[C@]12C. The van der Waals surface area contributed by atoms with Crippen LogP contribution in [0.25, 0.3) is 0 Å². The molecule has 0 radical (unpaired) electrons. The average Bonchev–Trinajstić information content (AvgIpc) is 2.97. The molecule has 1 aliphatic heterocycles. The lowest BCUT2D eigenvalue weighted by atomic mass is 9.45. The zero-order valence-corrected chi connectivity index (χ0v) is 17.9. The lowest BCUT2D eigenvalue weighted by Gasteiger charge is -2.63. The third-order valence-electron chi connectivity index (χ3n) is 9.76. The summed E-state index contributed by atoms with van der Waals surface area (Å²) in [6.45, 7) is 12.4. The van der Waals surface area contributed by atoms with E-state index in [-0.39, 0.29) is 0 Å². The molecule has 0 aromatic heterocycles. The molecule has 146 valence electrons. The van der Waals surface area contributed by atoms with Gasteiger partial charge in [-0.2, -0.15) is 0 Å². The second-order valence-corrected chi connectivity index (χ2v) is 10.6. The Labute approximate surface area is 160 Å². The Morgan fingerprint density at radius 1 is 1.15 bits per heavy atom. The number of allylic oxidation sites excluding steroid dienone is 2. The summed E-state index contributed by atoms with van der Waals surface area (Å²) in [6.07, 6.45) is 9.82. The van der Waals surface area contributed by atoms with Crippen LogP contribution in [0, 0.1) is 34.5 Å². The minimum absolute atomic E-state index is 0.341. The molecular weight excluding hydrogens is 318 g/mol. The second kappa shape index (κ2) is 6.11. The summed E-state index contributed by atoms with van der Waals surface area (Å²) in [7, 11) is 2.07. The largest absolute Gasteiger partial charge is 0.342 e. The first-order valence-corrected chi connectivity index (χ1v) is 11.2. The molecule has 0 unspecified atom stereocenters. The first kappa shape index (κ1) is 18.6. The molecule has 0 spiro atoms. The van der Waals surface area contributed by atoms with Crippen molar-refractivity contribution >= 4 is 5.91 Å². The number of fused-ring (bicyclic) bond motifs is 5. The number of piperidine rings is 1. The van der Waals surface area contributed by atoms with Gasteiger partial charge in [0.05, 0.1) is 0 Å². The lowest BCUT2D eigenvalue weighted by molar-refractivity contribution is -0.163. The Morgan fingerprint density at radius 3 is 2.58 bits per heavy atom. The van der Waals surface area contributed by atoms with Crippen LogP contribution >= 0.6 is 0 Å². The van der Waals surface area contributed by atoms with Gasteiger partial charge in [-0.25, -0.2) is 0 Å². The van der Waals surface area contributed by atoms with Crippen molar-refractivity contribution in [3.63, 3.8) is 0 Å². The van der Waals surface area contributed by atoms with E-state index in [0.717, 1.165) is 36.5 Å². The monoisotopic (exact) mass is 357 g/mol. The van der Waals surface area contributed by atoms with E-state index in [0.29, 0.717) is 22.8 Å². The van der Waals surface area contributed by atoms with Crippen molar-refractivity contribution in [3.8, 4) is 0 Å². The second-order valence-electron chi connectivity index (χ2n) is 10.6. The van der Waals surface area contributed by atoms with Crippen molar-refractivity contribution in [1.29, 1.82) is 0 Å². The van der Waals surface area contributed by atoms with E-state index in [4.69, 9.17) is 0 Å². The van der Waals surface area contributed by atoms with Gasteiger partial charge in [-0.15, -0.1) is 0 Å². The molecule has 0 aromatic rings. The molecule has 2 nitrogen and oxygen atoms in total. The van der Waals surface area contributed by atoms with Crippen LogP contribution in [0.5, 0.6) is 0 Å². The molecule has 7 atom stereocenters. The van der Waals surface area contributed by atoms with Gasteiger partial charge in [-0.05, 0) is 86.4 Å². The third kappa shape index (κ3) is 2.32. The van der Waals surface area contributed by atoms with Crippen LogP contribution in [0.3, 0.4) is 0 Å². The van der Waals surface area contributed by atoms with E-state index in [1.54, 1.807) is 5.57 Å². The van der Waals surface area contributed by atoms with Crippen LogP contribution in [0.1, 0.15) is 86.0 Å². The summed E-state index contributed by atoms with van der Waals surface area (Å²) < 4.78 is 0. The molecule has 3 aliphatic carbocycles. The number of amides is 1. The summed E-state index contributed by atoms with van der Waals surface area (Å²) in [5.41, 5.74) is 4.28. The summed E-state index contributed by atoms with van der Waals surface area (Å²) in [5, 5.41) is 0. The number of rotatable bonds is 1. The van der Waals surface area contributed by atoms with Crippen molar-refractivity contribution in [2.45, 2.75) is 92.0 Å². The van der Waals surface area contributed by atoms with Gasteiger partial charge in [-0.3, -0.25) is 4.79 Å². The highest BCUT2D eigenvalue weighted by Gasteiger charge is 2.61. The molecule has 26 heavy (non-hydrogen) atoms. The zero-order chi connectivity index (χ0) is 18.9. The number of carbonyl (C=O) groups excluding carboxylic acids is 1. The highest BCUT2D eigenvalue weighted by Crippen LogP contribution is 2.67. The van der Waals surface area contributed by atoms with Gasteiger partial charge in [0.2, 0.25) is 5.91 Å². The van der Waals surface area contributed by atoms with E-state index < -0.39 is 0 Å². The van der Waals surface area contributed by atoms with Crippen LogP contribution in [0.2, 0.25) is 0 Å². The summed E-state index contributed by atoms with van der Waals surface area (Å²) >= 11 is 0. The molecule has 4 rings (SSSR count). The van der Waals surface area contributed by atoms with Crippen LogP contribution < -0.4 is 0 Å². The summed E-state index contributed by atoms with van der Waals surface area (Å²) in [5.74, 6) is 3.67. The molecule has 0 bridgehead atoms. The minimum Gasteiger partial charge on any atom is -0.342 e. The van der Waals surface area contributed by atoms with Crippen molar-refractivity contribution in [1.82, 2.24) is 4.90 Å². The molecule has 0 aromatic carbocycles. The van der Waals surface area contributed by atoms with Gasteiger partial charge in [0, 0.05) is 19.5 Å². The molecule has 1 amide bonds. The van der Waals surface area contributed by atoms with Gasteiger partial charge < -0.3 is 4.90 Å². The van der Waals surface area contributed by atoms with Gasteiger partial charge in [0.25, 0.3) is 0 Å². The normalized spacial score (nSPS) is 50.2. The van der Waals surface area contributed by atoms with E-state index >= 15 is 0 Å². The molecule has 3 saturated carbocycles. The number of nitrogens with zero attached hydrogens (tertiary/aromatic N) is 1. The first-order chi connectivity index (χ1) is 12.2.